The molecule has 1 aliphatic carbocycles. The molecule has 2 aromatic heterocycles. The third-order valence-corrected chi connectivity index (χ3v) is 7.74. The number of carbonyl (C=O) groups is 2. The monoisotopic (exact) mass is 579 g/mol. The first-order chi connectivity index (χ1) is 20.0. The zero-order valence-corrected chi connectivity index (χ0v) is 23.0. The first kappa shape index (κ1) is 27.4. The maximum absolute atomic E-state index is 15.3. The third-order valence-electron chi connectivity index (χ3n) is 7.74. The number of hydrogen-bond acceptors (Lipinski definition) is 9. The Bertz CT molecular complexity index is 1530. The Kier molecular flexibility index (Phi) is 6.51. The molecule has 6 rings (SSSR count). The van der Waals surface area contributed by atoms with E-state index < -0.39 is 40.9 Å². The van der Waals surface area contributed by atoms with E-state index in [9.17, 15) is 14.9 Å². The number of ether oxygens (including phenoxy) is 3. The summed E-state index contributed by atoms with van der Waals surface area (Å²) in [6.07, 6.45) is 0.803. The quantitative estimate of drug-likeness (QED) is 0.409. The summed E-state index contributed by atoms with van der Waals surface area (Å²) in [5.41, 5.74) is -1.14. The van der Waals surface area contributed by atoms with Crippen LogP contribution < -0.4 is 9.64 Å². The molecule has 1 aromatic carbocycles. The van der Waals surface area contributed by atoms with Crippen molar-refractivity contribution in [3.8, 4) is 23.1 Å². The van der Waals surface area contributed by atoms with Crippen molar-refractivity contribution >= 4 is 17.9 Å². The van der Waals surface area contributed by atoms with Crippen molar-refractivity contribution in [1.29, 1.82) is 5.26 Å². The van der Waals surface area contributed by atoms with Gasteiger partial charge in [0.25, 0.3) is 5.88 Å². The second-order valence-electron chi connectivity index (χ2n) is 11.6. The van der Waals surface area contributed by atoms with Gasteiger partial charge in [-0.05, 0) is 44.1 Å². The molecule has 42 heavy (non-hydrogen) atoms. The molecule has 2 saturated heterocycles. The van der Waals surface area contributed by atoms with Gasteiger partial charge in [0.2, 0.25) is 0 Å². The van der Waals surface area contributed by atoms with Gasteiger partial charge in [-0.25, -0.2) is 18.4 Å². The molecule has 0 radical (unpaired) electrons. The number of hydrogen-bond donors (Lipinski definition) is 0. The van der Waals surface area contributed by atoms with Gasteiger partial charge in [0.05, 0.1) is 29.6 Å². The van der Waals surface area contributed by atoms with Gasteiger partial charge in [-0.1, -0.05) is 6.07 Å². The minimum absolute atomic E-state index is 0.00366. The molecule has 11 nitrogen and oxygen atoms in total. The van der Waals surface area contributed by atoms with Crippen LogP contribution >= 0.6 is 0 Å². The number of anilines is 1. The minimum atomic E-state index is -0.888. The predicted octanol–water partition coefficient (Wildman–Crippen LogP) is 4.68. The molecule has 218 valence electrons. The number of likely N-dealkylation sites (tertiary alicyclic amines) is 1. The first-order valence-electron chi connectivity index (χ1n) is 13.4. The molecule has 0 bridgehead atoms. The second kappa shape index (κ2) is 9.97. The van der Waals surface area contributed by atoms with E-state index in [1.807, 2.05) is 0 Å². The number of cyclic esters (lactones) is 1. The van der Waals surface area contributed by atoms with Crippen molar-refractivity contribution in [2.45, 2.75) is 37.9 Å². The SMILES string of the molecule is CC(C)(C)OC(=O)N1C[C@@H]2[C@H](C1)C2(C#N)c1ccc(-c2c(F)cc(N3C[C@H](COc4ccon4)OC3=O)cc2F)cn1. The fourth-order valence-electron chi connectivity index (χ4n) is 5.76. The van der Waals surface area contributed by atoms with E-state index in [1.165, 1.54) is 24.6 Å². The van der Waals surface area contributed by atoms with E-state index in [4.69, 9.17) is 14.2 Å². The Hall–Kier alpha value is -4.73. The number of pyridine rings is 1. The summed E-state index contributed by atoms with van der Waals surface area (Å²) < 4.78 is 51.3. The number of rotatable bonds is 6. The lowest BCUT2D eigenvalue weighted by molar-refractivity contribution is 0.0265. The molecule has 2 amide bonds. The molecule has 0 N–H and O–H groups in total. The molecule has 4 atom stereocenters. The number of piperidine rings is 1. The number of aromatic nitrogens is 2. The summed E-state index contributed by atoms with van der Waals surface area (Å²) >= 11 is 0. The molecular weight excluding hydrogens is 552 g/mol. The molecule has 2 aliphatic heterocycles. The van der Waals surface area contributed by atoms with Gasteiger partial charge in [-0.15, -0.1) is 0 Å². The largest absolute Gasteiger partial charge is 0.471 e. The molecular formula is C29H27F2N5O6. The van der Waals surface area contributed by atoms with Crippen LogP contribution in [0.2, 0.25) is 0 Å². The molecule has 3 aliphatic rings. The number of fused-ring (bicyclic) bond motifs is 1. The maximum Gasteiger partial charge on any atom is 0.414 e. The normalized spacial score (nSPS) is 24.7. The zero-order valence-electron chi connectivity index (χ0n) is 23.0. The standard InChI is InChI=1S/C29H27F2N5O6/c1-28(2,3)42-26(37)35-12-19-20(13-35)29(19,15-32)23-5-4-16(10-33-23)25-21(30)8-17(9-22(25)31)36-11-18(41-27(36)38)14-39-24-6-7-40-34-24/h4-10,18-20H,11-14H2,1-3H3/t18-,19-,20+,29?/m1/s1. The average molecular weight is 580 g/mol. The molecule has 3 aromatic rings. The van der Waals surface area contributed by atoms with Gasteiger partial charge in [-0.2, -0.15) is 5.26 Å². The summed E-state index contributed by atoms with van der Waals surface area (Å²) in [6.45, 7) is 6.12. The summed E-state index contributed by atoms with van der Waals surface area (Å²) in [4.78, 5) is 32.0. The Morgan fingerprint density at radius 1 is 1.17 bits per heavy atom. The van der Waals surface area contributed by atoms with Gasteiger partial charge in [0.15, 0.2) is 6.10 Å². The van der Waals surface area contributed by atoms with Crippen molar-refractivity contribution in [2.75, 3.05) is 31.1 Å². The van der Waals surface area contributed by atoms with Crippen LogP contribution in [0, 0.1) is 34.8 Å². The summed E-state index contributed by atoms with van der Waals surface area (Å²) in [7, 11) is 0. The summed E-state index contributed by atoms with van der Waals surface area (Å²) in [5.74, 6) is -1.76. The lowest BCUT2D eigenvalue weighted by Crippen LogP contribution is -2.39. The van der Waals surface area contributed by atoms with Crippen LogP contribution in [0.3, 0.4) is 0 Å². The van der Waals surface area contributed by atoms with Crippen molar-refractivity contribution in [1.82, 2.24) is 15.0 Å². The lowest BCUT2D eigenvalue weighted by Gasteiger charge is -2.27. The highest BCUT2D eigenvalue weighted by Gasteiger charge is 2.71. The van der Waals surface area contributed by atoms with E-state index in [1.54, 1.807) is 31.7 Å². The fraction of sp³-hybridized carbons (Fsp3) is 0.414. The van der Waals surface area contributed by atoms with Crippen LogP contribution in [-0.4, -0.2) is 65.2 Å². The highest BCUT2D eigenvalue weighted by atomic mass is 19.1. The van der Waals surface area contributed by atoms with E-state index in [0.717, 1.165) is 17.0 Å². The Morgan fingerprint density at radius 3 is 2.45 bits per heavy atom. The Labute approximate surface area is 239 Å². The van der Waals surface area contributed by atoms with Gasteiger partial charge in [-0.3, -0.25) is 9.88 Å². The molecule has 1 unspecified atom stereocenters. The van der Waals surface area contributed by atoms with Gasteiger partial charge in [0.1, 0.15) is 35.5 Å². The van der Waals surface area contributed by atoms with E-state index in [-0.39, 0.29) is 47.7 Å². The van der Waals surface area contributed by atoms with Gasteiger partial charge in [0, 0.05) is 42.8 Å². The minimum Gasteiger partial charge on any atom is -0.471 e. The number of halogens is 2. The lowest BCUT2D eigenvalue weighted by atomic mass is 9.95. The summed E-state index contributed by atoms with van der Waals surface area (Å²) in [5, 5.41) is 13.7. The van der Waals surface area contributed by atoms with Gasteiger partial charge < -0.3 is 23.6 Å². The number of nitriles is 1. The van der Waals surface area contributed by atoms with E-state index >= 15 is 8.78 Å². The number of amides is 2. The molecule has 4 heterocycles. The summed E-state index contributed by atoms with van der Waals surface area (Å²) in [6, 6.07) is 9.09. The first-order valence-corrected chi connectivity index (χ1v) is 13.4. The highest BCUT2D eigenvalue weighted by Crippen LogP contribution is 2.63. The Morgan fingerprint density at radius 2 is 1.88 bits per heavy atom. The van der Waals surface area contributed by atoms with Crippen LogP contribution in [0.5, 0.6) is 5.88 Å². The van der Waals surface area contributed by atoms with Crippen molar-refractivity contribution in [2.24, 2.45) is 11.8 Å². The topological polar surface area (TPSA) is 131 Å². The van der Waals surface area contributed by atoms with E-state index in [0.29, 0.717) is 18.8 Å². The van der Waals surface area contributed by atoms with Gasteiger partial charge >= 0.3 is 12.2 Å². The maximum atomic E-state index is 15.3. The van der Waals surface area contributed by atoms with Crippen LogP contribution in [0.4, 0.5) is 24.1 Å². The third kappa shape index (κ3) is 4.76. The van der Waals surface area contributed by atoms with Crippen LogP contribution in [0.15, 0.2) is 47.3 Å². The zero-order chi connectivity index (χ0) is 29.8. The molecule has 3 fully saturated rings. The van der Waals surface area contributed by atoms with Crippen LogP contribution in [0.25, 0.3) is 11.1 Å². The van der Waals surface area contributed by atoms with E-state index in [2.05, 4.69) is 20.7 Å². The fourth-order valence-corrected chi connectivity index (χ4v) is 5.76. The molecule has 13 heteroatoms. The Balaban J connectivity index is 1.14. The van der Waals surface area contributed by atoms with Crippen LogP contribution in [-0.2, 0) is 14.9 Å². The highest BCUT2D eigenvalue weighted by molar-refractivity contribution is 5.90. The number of carbonyl (C=O) groups excluding carboxylic acids is 2. The van der Waals surface area contributed by atoms with Crippen molar-refractivity contribution < 1.29 is 37.1 Å². The molecule has 1 saturated carbocycles. The average Bonchev–Trinajstić information content (AvgIpc) is 3.45. The number of nitrogens with zero attached hydrogens (tertiary/aromatic N) is 5. The second-order valence-corrected chi connectivity index (χ2v) is 11.6. The predicted molar refractivity (Wildman–Crippen MR) is 141 cm³/mol. The number of benzene rings is 1. The van der Waals surface area contributed by atoms with Crippen LogP contribution in [0.1, 0.15) is 26.5 Å². The van der Waals surface area contributed by atoms with Crippen molar-refractivity contribution in [3.05, 3.63) is 60.1 Å². The smallest absolute Gasteiger partial charge is 0.414 e. The molecule has 0 spiro atoms. The van der Waals surface area contributed by atoms with Crippen molar-refractivity contribution in [3.63, 3.8) is 0 Å².